The van der Waals surface area contributed by atoms with E-state index >= 15 is 0 Å². The molecule has 266 valence electrons. The van der Waals surface area contributed by atoms with Crippen LogP contribution in [0.4, 0.5) is 15.3 Å². The number of nitrogens with zero attached hydrogens (tertiary/aromatic N) is 5. The van der Waals surface area contributed by atoms with Gasteiger partial charge < -0.3 is 30.2 Å². The van der Waals surface area contributed by atoms with Crippen LogP contribution in [-0.4, -0.2) is 127 Å². The molecule has 2 aromatic rings. The fraction of sp³-hybridized carbons (Fsp3) is 0.615. The molecule has 49 heavy (non-hydrogen) atoms. The molecule has 4 aliphatic rings. The van der Waals surface area contributed by atoms with Crippen molar-refractivity contribution in [3.8, 4) is 0 Å². The predicted octanol–water partition coefficient (Wildman–Crippen LogP) is 4.62. The van der Waals surface area contributed by atoms with Crippen molar-refractivity contribution < 1.29 is 14.4 Å². The van der Waals surface area contributed by atoms with E-state index in [1.807, 2.05) is 32.9 Å². The number of para-hydroxylation sites is 1. The first-order valence-corrected chi connectivity index (χ1v) is 18.9. The van der Waals surface area contributed by atoms with Crippen LogP contribution >= 0.6 is 0 Å². The van der Waals surface area contributed by atoms with Crippen molar-refractivity contribution in [3.63, 3.8) is 0 Å². The van der Waals surface area contributed by atoms with Gasteiger partial charge in [0, 0.05) is 70.0 Å². The van der Waals surface area contributed by atoms with E-state index in [0.29, 0.717) is 44.9 Å². The number of carbonyl (C=O) groups excluding carboxylic acids is 3. The van der Waals surface area contributed by atoms with Crippen molar-refractivity contribution in [2.45, 2.75) is 89.8 Å². The van der Waals surface area contributed by atoms with Crippen LogP contribution in [0.1, 0.15) is 68.2 Å². The van der Waals surface area contributed by atoms with Crippen molar-refractivity contribution >= 4 is 23.7 Å². The van der Waals surface area contributed by atoms with Gasteiger partial charge in [0.05, 0.1) is 0 Å². The molecule has 0 spiro atoms. The number of nitrogens with one attached hydrogen (secondary N) is 2. The lowest BCUT2D eigenvalue weighted by Gasteiger charge is -2.40. The molecule has 2 aromatic carbocycles. The van der Waals surface area contributed by atoms with E-state index in [2.05, 4.69) is 65.6 Å². The van der Waals surface area contributed by atoms with E-state index in [1.165, 1.54) is 17.5 Å². The summed E-state index contributed by atoms with van der Waals surface area (Å²) in [6.07, 6.45) is 7.79. The molecule has 6 rings (SSSR count). The summed E-state index contributed by atoms with van der Waals surface area (Å²) < 4.78 is 0. The molecule has 0 radical (unpaired) electrons. The molecule has 4 aliphatic heterocycles. The van der Waals surface area contributed by atoms with E-state index < -0.39 is 6.04 Å². The molecule has 10 nitrogen and oxygen atoms in total. The van der Waals surface area contributed by atoms with E-state index in [1.54, 1.807) is 0 Å². The van der Waals surface area contributed by atoms with E-state index in [-0.39, 0.29) is 24.0 Å². The average Bonchev–Trinajstić information content (AvgIpc) is 3.45. The van der Waals surface area contributed by atoms with Crippen LogP contribution in [0, 0.1) is 0 Å². The second kappa shape index (κ2) is 16.4. The third kappa shape index (κ3) is 8.58. The zero-order valence-electron chi connectivity index (χ0n) is 30.0. The summed E-state index contributed by atoms with van der Waals surface area (Å²) in [4.78, 5) is 52.0. The highest BCUT2D eigenvalue weighted by Crippen LogP contribution is 2.25. The Balaban J connectivity index is 1.09. The van der Waals surface area contributed by atoms with Gasteiger partial charge in [0.1, 0.15) is 6.04 Å². The first-order valence-electron chi connectivity index (χ1n) is 18.9. The Bertz CT molecular complexity index is 1450. The zero-order valence-corrected chi connectivity index (χ0v) is 30.0. The monoisotopic (exact) mass is 671 g/mol. The Hall–Kier alpha value is -3.63. The van der Waals surface area contributed by atoms with Crippen LogP contribution in [0.2, 0.25) is 0 Å². The summed E-state index contributed by atoms with van der Waals surface area (Å²) in [5.41, 5.74) is 5.77. The van der Waals surface area contributed by atoms with Gasteiger partial charge in [-0.25, -0.2) is 9.59 Å². The smallest absolute Gasteiger partial charge is 0.322 e. The summed E-state index contributed by atoms with van der Waals surface area (Å²) in [6, 6.07) is 14.2. The standard InChI is InChI=1S/C39H57N7O3/c1-4-30-12-11-29(27-31(30)5-2)28-36(37(47)44-20-14-33(15-21-44)43-19-8-18-42(3)25-26-43)41-38(48)45-22-16-34(17-23-45)46-24-13-32-9-6-7-10-35(32)40-39(46)49/h6-7,9-12,27,33-34,36H,4-5,8,13-26,28H2,1-3H3,(H,40,49)(H,41,48). The Morgan fingerprint density at radius 3 is 2.29 bits per heavy atom. The van der Waals surface area contributed by atoms with Crippen molar-refractivity contribution in [3.05, 3.63) is 64.7 Å². The molecule has 10 heteroatoms. The van der Waals surface area contributed by atoms with Gasteiger partial charge in [0.2, 0.25) is 5.91 Å². The van der Waals surface area contributed by atoms with E-state index in [0.717, 1.165) is 88.2 Å². The number of amides is 5. The number of likely N-dealkylation sites (N-methyl/N-ethyl adjacent to an activating group) is 1. The number of benzene rings is 2. The number of hydrogen-bond acceptors (Lipinski definition) is 5. The molecule has 0 saturated carbocycles. The number of rotatable bonds is 8. The van der Waals surface area contributed by atoms with Crippen molar-refractivity contribution in [2.75, 3.05) is 71.3 Å². The van der Waals surface area contributed by atoms with Gasteiger partial charge >= 0.3 is 12.1 Å². The van der Waals surface area contributed by atoms with E-state index in [9.17, 15) is 14.4 Å². The minimum absolute atomic E-state index is 0.0238. The lowest BCUT2D eigenvalue weighted by atomic mass is 9.95. The molecular formula is C39H57N7O3. The maximum Gasteiger partial charge on any atom is 0.322 e. The molecule has 4 heterocycles. The number of aryl methyl sites for hydroxylation is 2. The highest BCUT2D eigenvalue weighted by molar-refractivity contribution is 5.91. The van der Waals surface area contributed by atoms with Crippen LogP contribution in [0.15, 0.2) is 42.5 Å². The molecule has 1 atom stereocenters. The Kier molecular flexibility index (Phi) is 11.8. The fourth-order valence-electron chi connectivity index (χ4n) is 8.38. The summed E-state index contributed by atoms with van der Waals surface area (Å²) in [5, 5.41) is 6.28. The lowest BCUT2D eigenvalue weighted by Crippen LogP contribution is -2.57. The van der Waals surface area contributed by atoms with Gasteiger partial charge in [-0.3, -0.25) is 9.69 Å². The maximum atomic E-state index is 14.2. The second-order valence-electron chi connectivity index (χ2n) is 14.5. The maximum absolute atomic E-state index is 14.2. The molecular weight excluding hydrogens is 614 g/mol. The minimum atomic E-state index is -0.624. The summed E-state index contributed by atoms with van der Waals surface area (Å²) >= 11 is 0. The second-order valence-corrected chi connectivity index (χ2v) is 14.5. The zero-order chi connectivity index (χ0) is 34.3. The molecule has 0 bridgehead atoms. The normalized spacial score (nSPS) is 21.0. The van der Waals surface area contributed by atoms with Gasteiger partial charge in [-0.2, -0.15) is 0 Å². The summed E-state index contributed by atoms with van der Waals surface area (Å²) in [7, 11) is 2.20. The van der Waals surface area contributed by atoms with Crippen molar-refractivity contribution in [2.24, 2.45) is 0 Å². The van der Waals surface area contributed by atoms with Crippen LogP contribution in [0.3, 0.4) is 0 Å². The van der Waals surface area contributed by atoms with Crippen molar-refractivity contribution in [1.82, 2.24) is 29.8 Å². The van der Waals surface area contributed by atoms with Gasteiger partial charge in [0.15, 0.2) is 0 Å². The molecule has 5 amide bonds. The van der Waals surface area contributed by atoms with E-state index in [4.69, 9.17) is 0 Å². The molecule has 0 aromatic heterocycles. The van der Waals surface area contributed by atoms with Gasteiger partial charge in [-0.1, -0.05) is 50.2 Å². The number of likely N-dealkylation sites (tertiary alicyclic amines) is 2. The number of fused-ring (bicyclic) bond motifs is 1. The van der Waals surface area contributed by atoms with Gasteiger partial charge in [-0.15, -0.1) is 0 Å². The highest BCUT2D eigenvalue weighted by atomic mass is 16.2. The number of urea groups is 2. The van der Waals surface area contributed by atoms with Gasteiger partial charge in [-0.05, 0) is 99.8 Å². The van der Waals surface area contributed by atoms with Gasteiger partial charge in [0.25, 0.3) is 0 Å². The Morgan fingerprint density at radius 2 is 1.53 bits per heavy atom. The first kappa shape index (κ1) is 35.2. The highest BCUT2D eigenvalue weighted by Gasteiger charge is 2.35. The number of piperidine rings is 2. The van der Waals surface area contributed by atoms with Crippen molar-refractivity contribution in [1.29, 1.82) is 0 Å². The summed E-state index contributed by atoms with van der Waals surface area (Å²) in [5.74, 6) is 0.0238. The number of anilines is 1. The van der Waals surface area contributed by atoms with Crippen LogP contribution in [0.5, 0.6) is 0 Å². The molecule has 3 saturated heterocycles. The lowest BCUT2D eigenvalue weighted by molar-refractivity contribution is -0.134. The van der Waals surface area contributed by atoms with Crippen LogP contribution in [-0.2, 0) is 30.5 Å². The van der Waals surface area contributed by atoms with Crippen LogP contribution < -0.4 is 10.6 Å². The average molecular weight is 672 g/mol. The number of hydrogen-bond donors (Lipinski definition) is 2. The largest absolute Gasteiger partial charge is 0.341 e. The topological polar surface area (TPSA) is 91.5 Å². The third-order valence-electron chi connectivity index (χ3n) is 11.4. The number of carbonyl (C=O) groups is 3. The van der Waals surface area contributed by atoms with Crippen LogP contribution in [0.25, 0.3) is 0 Å². The summed E-state index contributed by atoms with van der Waals surface area (Å²) in [6.45, 7) is 12.0. The Labute approximate surface area is 293 Å². The fourth-order valence-corrected chi connectivity index (χ4v) is 8.38. The predicted molar refractivity (Wildman–Crippen MR) is 195 cm³/mol. The first-order chi connectivity index (χ1) is 23.8. The SMILES string of the molecule is CCc1ccc(CC(NC(=O)N2CCC(N3CCc4ccccc4NC3=O)CC2)C(=O)N2CCC(N3CCCN(C)CC3)CC2)cc1CC. The molecule has 0 aliphatic carbocycles. The third-order valence-corrected chi connectivity index (χ3v) is 11.4. The quantitative estimate of drug-likeness (QED) is 0.428. The Morgan fingerprint density at radius 1 is 0.816 bits per heavy atom. The minimum Gasteiger partial charge on any atom is -0.341 e. The molecule has 1 unspecified atom stereocenters. The molecule has 2 N–H and O–H groups in total. The molecule has 3 fully saturated rings.